The third-order valence-corrected chi connectivity index (χ3v) is 7.45. The Morgan fingerprint density at radius 2 is 1.86 bits per heavy atom. The van der Waals surface area contributed by atoms with Crippen molar-refractivity contribution in [1.29, 1.82) is 0 Å². The molecule has 1 aliphatic rings. The molecule has 1 aliphatic heterocycles. The molecule has 2 amide bonds. The summed E-state index contributed by atoms with van der Waals surface area (Å²) in [5.74, 6) is -0.153. The topological polar surface area (TPSA) is 104 Å². The highest BCUT2D eigenvalue weighted by Crippen LogP contribution is 2.31. The summed E-state index contributed by atoms with van der Waals surface area (Å²) in [4.78, 5) is 31.6. The van der Waals surface area contributed by atoms with Crippen molar-refractivity contribution in [1.82, 2.24) is 25.3 Å². The van der Waals surface area contributed by atoms with Crippen LogP contribution in [0.4, 0.5) is 18.9 Å². The number of piperidine rings is 1. The van der Waals surface area contributed by atoms with E-state index in [0.717, 1.165) is 35.5 Å². The van der Waals surface area contributed by atoms with Gasteiger partial charge in [-0.25, -0.2) is 4.98 Å². The van der Waals surface area contributed by atoms with Crippen LogP contribution in [-0.4, -0.2) is 50.2 Å². The molecule has 0 unspecified atom stereocenters. The maximum Gasteiger partial charge on any atom is 0.416 e. The molecule has 0 bridgehead atoms. The molecule has 1 saturated heterocycles. The summed E-state index contributed by atoms with van der Waals surface area (Å²) in [6.45, 7) is 1.16. The maximum absolute atomic E-state index is 12.7. The number of carbonyl (C=O) groups excluding carboxylic acids is 2. The highest BCUT2D eigenvalue weighted by atomic mass is 32.1. The van der Waals surface area contributed by atoms with E-state index in [-0.39, 0.29) is 24.2 Å². The number of anilines is 1. The molecule has 2 aromatic carbocycles. The Morgan fingerprint density at radius 3 is 2.59 bits per heavy atom. The lowest BCUT2D eigenvalue weighted by molar-refractivity contribution is -0.137. The number of amides is 2. The van der Waals surface area contributed by atoms with Crippen LogP contribution < -0.4 is 5.32 Å². The second kappa shape index (κ2) is 10.3. The lowest BCUT2D eigenvalue weighted by Crippen LogP contribution is -2.38. The first-order chi connectivity index (χ1) is 17.8. The standard InChI is InChI=1S/C25H23F3N6O2S/c26-25(27,28)17-4-1-15(2-5-17)3-8-22(35)34-11-9-16(10-12-34)24-30-21(14-37-24)23(36)29-18-6-7-19-20(13-18)32-33-31-19/h1-2,4-7,13-14,16H,3,8-12H2,(H,29,36)(H,31,32,33). The number of benzene rings is 2. The second-order valence-corrected chi connectivity index (χ2v) is 9.81. The Labute approximate surface area is 213 Å². The van der Waals surface area contributed by atoms with Crippen LogP contribution >= 0.6 is 11.3 Å². The molecule has 192 valence electrons. The smallest absolute Gasteiger partial charge is 0.343 e. The highest BCUT2D eigenvalue weighted by Gasteiger charge is 2.30. The molecule has 12 heteroatoms. The monoisotopic (exact) mass is 528 g/mol. The fourth-order valence-electron chi connectivity index (χ4n) is 4.34. The zero-order valence-corrected chi connectivity index (χ0v) is 20.4. The number of alkyl halides is 3. The lowest BCUT2D eigenvalue weighted by Gasteiger charge is -2.31. The van der Waals surface area contributed by atoms with Crippen LogP contribution in [0.25, 0.3) is 11.0 Å². The maximum atomic E-state index is 12.7. The van der Waals surface area contributed by atoms with Gasteiger partial charge in [-0.3, -0.25) is 14.7 Å². The minimum atomic E-state index is -4.37. The Morgan fingerprint density at radius 1 is 1.11 bits per heavy atom. The minimum Gasteiger partial charge on any atom is -0.343 e. The highest BCUT2D eigenvalue weighted by molar-refractivity contribution is 7.10. The van der Waals surface area contributed by atoms with Crippen molar-refractivity contribution in [3.8, 4) is 0 Å². The number of fused-ring (bicyclic) bond motifs is 1. The number of thiazole rings is 1. The first-order valence-corrected chi connectivity index (χ1v) is 12.7. The molecule has 5 rings (SSSR count). The van der Waals surface area contributed by atoms with Gasteiger partial charge in [0.05, 0.1) is 16.1 Å². The number of H-pyrrole nitrogens is 1. The summed E-state index contributed by atoms with van der Waals surface area (Å²) < 4.78 is 38.1. The fraction of sp³-hybridized carbons (Fsp3) is 0.320. The fourth-order valence-corrected chi connectivity index (χ4v) is 5.31. The van der Waals surface area contributed by atoms with Crippen molar-refractivity contribution in [2.24, 2.45) is 0 Å². The molecule has 0 radical (unpaired) electrons. The van der Waals surface area contributed by atoms with E-state index in [0.29, 0.717) is 42.0 Å². The van der Waals surface area contributed by atoms with E-state index in [2.05, 4.69) is 25.7 Å². The molecule has 4 aromatic rings. The third kappa shape index (κ3) is 5.79. The van der Waals surface area contributed by atoms with E-state index in [9.17, 15) is 22.8 Å². The zero-order valence-electron chi connectivity index (χ0n) is 19.6. The number of halogens is 3. The van der Waals surface area contributed by atoms with Crippen LogP contribution in [0.1, 0.15) is 51.8 Å². The Kier molecular flexibility index (Phi) is 6.92. The first-order valence-electron chi connectivity index (χ1n) is 11.8. The van der Waals surface area contributed by atoms with Gasteiger partial charge in [-0.2, -0.15) is 13.2 Å². The van der Waals surface area contributed by atoms with Gasteiger partial charge in [-0.05, 0) is 55.2 Å². The van der Waals surface area contributed by atoms with Gasteiger partial charge in [-0.1, -0.05) is 17.3 Å². The Balaban J connectivity index is 1.10. The van der Waals surface area contributed by atoms with Gasteiger partial charge >= 0.3 is 6.18 Å². The number of rotatable bonds is 6. The van der Waals surface area contributed by atoms with Gasteiger partial charge in [0, 0.05) is 36.5 Å². The molecule has 0 aliphatic carbocycles. The molecular weight excluding hydrogens is 505 g/mol. The predicted octanol–water partition coefficient (Wildman–Crippen LogP) is 5.02. The van der Waals surface area contributed by atoms with Crippen molar-refractivity contribution in [3.63, 3.8) is 0 Å². The van der Waals surface area contributed by atoms with Crippen LogP contribution in [-0.2, 0) is 17.4 Å². The summed E-state index contributed by atoms with van der Waals surface area (Å²) in [5.41, 5.74) is 2.38. The summed E-state index contributed by atoms with van der Waals surface area (Å²) in [6.07, 6.45) is -2.25. The average molecular weight is 529 g/mol. The molecule has 2 aromatic heterocycles. The molecule has 1 fully saturated rings. The van der Waals surface area contributed by atoms with Crippen molar-refractivity contribution in [2.75, 3.05) is 18.4 Å². The number of nitrogens with one attached hydrogen (secondary N) is 2. The molecule has 0 atom stereocenters. The van der Waals surface area contributed by atoms with Gasteiger partial charge in [0.1, 0.15) is 11.2 Å². The Bertz CT molecular complexity index is 1410. The number of aromatic nitrogens is 4. The van der Waals surface area contributed by atoms with Gasteiger partial charge in [0.15, 0.2) is 0 Å². The number of likely N-dealkylation sites (tertiary alicyclic amines) is 1. The van der Waals surface area contributed by atoms with E-state index in [4.69, 9.17) is 0 Å². The summed E-state index contributed by atoms with van der Waals surface area (Å²) in [6, 6.07) is 10.2. The van der Waals surface area contributed by atoms with E-state index in [1.54, 1.807) is 28.5 Å². The zero-order chi connectivity index (χ0) is 26.0. The second-order valence-electron chi connectivity index (χ2n) is 8.92. The molecule has 37 heavy (non-hydrogen) atoms. The van der Waals surface area contributed by atoms with Crippen LogP contribution in [0.15, 0.2) is 47.8 Å². The Hall–Kier alpha value is -3.80. The average Bonchev–Trinajstić information content (AvgIpc) is 3.57. The van der Waals surface area contributed by atoms with Crippen molar-refractivity contribution in [2.45, 2.75) is 37.8 Å². The van der Waals surface area contributed by atoms with Gasteiger partial charge in [0.25, 0.3) is 5.91 Å². The van der Waals surface area contributed by atoms with E-state index < -0.39 is 11.7 Å². The van der Waals surface area contributed by atoms with Gasteiger partial charge in [-0.15, -0.1) is 16.4 Å². The number of aryl methyl sites for hydroxylation is 1. The van der Waals surface area contributed by atoms with E-state index in [1.165, 1.54) is 23.5 Å². The number of hydrogen-bond acceptors (Lipinski definition) is 6. The number of aromatic amines is 1. The molecule has 0 saturated carbocycles. The quantitative estimate of drug-likeness (QED) is 0.366. The summed E-state index contributed by atoms with van der Waals surface area (Å²) >= 11 is 1.44. The number of carbonyl (C=O) groups is 2. The third-order valence-electron chi connectivity index (χ3n) is 6.44. The number of hydrogen-bond donors (Lipinski definition) is 2. The molecule has 3 heterocycles. The normalized spacial score (nSPS) is 14.7. The summed E-state index contributed by atoms with van der Waals surface area (Å²) in [5, 5.41) is 15.9. The van der Waals surface area contributed by atoms with Gasteiger partial charge < -0.3 is 10.2 Å². The van der Waals surface area contributed by atoms with Crippen molar-refractivity contribution >= 4 is 39.9 Å². The molecule has 2 N–H and O–H groups in total. The van der Waals surface area contributed by atoms with Crippen LogP contribution in [0, 0.1) is 0 Å². The van der Waals surface area contributed by atoms with E-state index in [1.807, 2.05) is 0 Å². The molecule has 8 nitrogen and oxygen atoms in total. The predicted molar refractivity (Wildman–Crippen MR) is 132 cm³/mol. The van der Waals surface area contributed by atoms with Crippen LogP contribution in [0.2, 0.25) is 0 Å². The first kappa shape index (κ1) is 24.9. The number of nitrogens with zero attached hydrogens (tertiary/aromatic N) is 4. The van der Waals surface area contributed by atoms with Gasteiger partial charge in [0.2, 0.25) is 5.91 Å². The van der Waals surface area contributed by atoms with Crippen molar-refractivity contribution in [3.05, 3.63) is 69.7 Å². The molecule has 0 spiro atoms. The van der Waals surface area contributed by atoms with E-state index >= 15 is 0 Å². The van der Waals surface area contributed by atoms with Crippen LogP contribution in [0.3, 0.4) is 0 Å². The minimum absolute atomic E-state index is 0.0124. The SMILES string of the molecule is O=C(Nc1ccc2[nH]nnc2c1)c1csc(C2CCN(C(=O)CCc3ccc(C(F)(F)F)cc3)CC2)n1. The van der Waals surface area contributed by atoms with Crippen molar-refractivity contribution < 1.29 is 22.8 Å². The van der Waals surface area contributed by atoms with Crippen LogP contribution in [0.5, 0.6) is 0 Å². The largest absolute Gasteiger partial charge is 0.416 e. The summed E-state index contributed by atoms with van der Waals surface area (Å²) in [7, 11) is 0. The molecular formula is C25H23F3N6O2S. The lowest BCUT2D eigenvalue weighted by atomic mass is 9.97.